The van der Waals surface area contributed by atoms with Crippen LogP contribution < -0.4 is 0 Å². The van der Waals surface area contributed by atoms with Crippen LogP contribution in [0.3, 0.4) is 0 Å². The lowest BCUT2D eigenvalue weighted by Gasteiger charge is -2.03. The van der Waals surface area contributed by atoms with Crippen molar-refractivity contribution in [3.63, 3.8) is 0 Å². The minimum Gasteiger partial charge on any atom is -0.481 e. The maximum absolute atomic E-state index is 12.0. The molecule has 1 aliphatic carbocycles. The number of aromatic nitrogens is 1. The van der Waals surface area contributed by atoms with Gasteiger partial charge in [-0.1, -0.05) is 13.0 Å². The number of carboxylic acid groups (broad SMARTS) is 1. The highest BCUT2D eigenvalue weighted by atomic mass is 32.2. The largest absolute Gasteiger partial charge is 0.481 e. The Balaban J connectivity index is 2.10. The van der Waals surface area contributed by atoms with Gasteiger partial charge in [-0.3, -0.25) is 4.79 Å². The van der Waals surface area contributed by atoms with Gasteiger partial charge in [0.25, 0.3) is 0 Å². The topological polar surface area (TPSA) is 84.3 Å². The van der Waals surface area contributed by atoms with Crippen LogP contribution in [0.25, 0.3) is 0 Å². The normalized spacial score (nSPS) is 22.7. The van der Waals surface area contributed by atoms with Crippen molar-refractivity contribution in [3.05, 3.63) is 23.9 Å². The molecule has 98 valence electrons. The summed E-state index contributed by atoms with van der Waals surface area (Å²) >= 11 is 0. The van der Waals surface area contributed by atoms with Gasteiger partial charge >= 0.3 is 5.97 Å². The van der Waals surface area contributed by atoms with Crippen LogP contribution in [0, 0.1) is 11.8 Å². The average molecular weight is 269 g/mol. The van der Waals surface area contributed by atoms with Crippen LogP contribution in [0.4, 0.5) is 0 Å². The number of sulfone groups is 1. The zero-order valence-corrected chi connectivity index (χ0v) is 10.9. The van der Waals surface area contributed by atoms with Gasteiger partial charge in [0.1, 0.15) is 0 Å². The molecule has 5 nitrogen and oxygen atoms in total. The highest BCUT2D eigenvalue weighted by Gasteiger charge is 2.37. The Morgan fingerprint density at radius 3 is 2.61 bits per heavy atom. The second-order valence-electron chi connectivity index (χ2n) is 4.83. The van der Waals surface area contributed by atoms with Crippen molar-refractivity contribution in [2.24, 2.45) is 11.8 Å². The molecule has 1 saturated carbocycles. The van der Waals surface area contributed by atoms with Gasteiger partial charge < -0.3 is 5.11 Å². The van der Waals surface area contributed by atoms with Crippen LogP contribution in [0.5, 0.6) is 0 Å². The van der Waals surface area contributed by atoms with E-state index in [0.29, 0.717) is 11.5 Å². The fraction of sp³-hybridized carbons (Fsp3) is 0.500. The van der Waals surface area contributed by atoms with Crippen molar-refractivity contribution in [2.45, 2.75) is 24.8 Å². The molecule has 6 heteroatoms. The first-order valence-corrected chi connectivity index (χ1v) is 7.43. The van der Waals surface area contributed by atoms with Crippen LogP contribution in [0.2, 0.25) is 0 Å². The summed E-state index contributed by atoms with van der Waals surface area (Å²) in [5.41, 5.74) is 0.501. The minimum atomic E-state index is -3.33. The molecule has 1 aromatic heterocycles. The Hall–Kier alpha value is -1.43. The van der Waals surface area contributed by atoms with Crippen LogP contribution >= 0.6 is 0 Å². The number of pyridine rings is 1. The van der Waals surface area contributed by atoms with Crippen molar-refractivity contribution in [3.8, 4) is 0 Å². The maximum Gasteiger partial charge on any atom is 0.307 e. The molecule has 2 rings (SSSR count). The Bertz CT molecular complexity index is 550. The molecular formula is C12H15NO4S. The second-order valence-corrected chi connectivity index (χ2v) is 6.81. The summed E-state index contributed by atoms with van der Waals surface area (Å²) in [4.78, 5) is 14.4. The van der Waals surface area contributed by atoms with Gasteiger partial charge in [0.2, 0.25) is 0 Å². The van der Waals surface area contributed by atoms with E-state index in [0.717, 1.165) is 6.42 Å². The molecule has 18 heavy (non-hydrogen) atoms. The molecule has 0 spiro atoms. The molecule has 1 heterocycles. The van der Waals surface area contributed by atoms with Gasteiger partial charge in [-0.2, -0.15) is 0 Å². The molecule has 0 saturated heterocycles. The van der Waals surface area contributed by atoms with Crippen LogP contribution in [0.15, 0.2) is 23.4 Å². The van der Waals surface area contributed by atoms with E-state index in [1.165, 1.54) is 18.3 Å². The zero-order chi connectivity index (χ0) is 13.3. The lowest BCUT2D eigenvalue weighted by atomic mass is 10.2. The molecule has 0 bridgehead atoms. The molecule has 2 unspecified atom stereocenters. The second kappa shape index (κ2) is 4.68. The highest BCUT2D eigenvalue weighted by Crippen LogP contribution is 2.39. The van der Waals surface area contributed by atoms with E-state index < -0.39 is 15.8 Å². The van der Waals surface area contributed by atoms with Gasteiger partial charge in [-0.25, -0.2) is 13.4 Å². The van der Waals surface area contributed by atoms with Crippen molar-refractivity contribution >= 4 is 15.8 Å². The monoisotopic (exact) mass is 269 g/mol. The lowest BCUT2D eigenvalue weighted by molar-refractivity contribution is -0.136. The first-order valence-electron chi connectivity index (χ1n) is 5.78. The predicted octanol–water partition coefficient (Wildman–Crippen LogP) is 1.14. The van der Waals surface area contributed by atoms with Gasteiger partial charge in [0.05, 0.1) is 12.2 Å². The Labute approximate surface area is 106 Å². The van der Waals surface area contributed by atoms with E-state index in [1.54, 1.807) is 0 Å². The summed E-state index contributed by atoms with van der Waals surface area (Å²) in [6.07, 6.45) is 2.13. The quantitative estimate of drug-likeness (QED) is 0.866. The molecule has 1 fully saturated rings. The fourth-order valence-electron chi connectivity index (χ4n) is 1.87. The van der Waals surface area contributed by atoms with Crippen LogP contribution in [-0.2, 0) is 21.1 Å². The van der Waals surface area contributed by atoms with E-state index in [4.69, 9.17) is 5.11 Å². The van der Waals surface area contributed by atoms with E-state index >= 15 is 0 Å². The fourth-order valence-corrected chi connectivity index (χ4v) is 3.56. The van der Waals surface area contributed by atoms with Crippen molar-refractivity contribution in [2.75, 3.05) is 5.75 Å². The number of carboxylic acids is 1. The Morgan fingerprint density at radius 1 is 1.50 bits per heavy atom. The molecule has 0 aliphatic heterocycles. The third kappa shape index (κ3) is 3.07. The van der Waals surface area contributed by atoms with Crippen LogP contribution in [0.1, 0.15) is 18.9 Å². The summed E-state index contributed by atoms with van der Waals surface area (Å²) in [6, 6.07) is 2.89. The molecular weight excluding hydrogens is 254 g/mol. The number of carbonyl (C=O) groups is 1. The molecule has 1 aromatic rings. The SMILES string of the molecule is CC1CC1CS(=O)(=O)c1ccc(CC(=O)O)cn1. The van der Waals surface area contributed by atoms with E-state index in [2.05, 4.69) is 4.98 Å². The van der Waals surface area contributed by atoms with Gasteiger partial charge in [0, 0.05) is 6.20 Å². The van der Waals surface area contributed by atoms with E-state index in [9.17, 15) is 13.2 Å². The third-order valence-corrected chi connectivity index (χ3v) is 4.93. The Morgan fingerprint density at radius 2 is 2.17 bits per heavy atom. The summed E-state index contributed by atoms with van der Waals surface area (Å²) in [5, 5.41) is 8.64. The zero-order valence-electron chi connectivity index (χ0n) is 10.0. The standard InChI is InChI=1S/C12H15NO4S/c1-8-4-10(8)7-18(16,17)11-3-2-9(6-13-11)5-12(14)15/h2-3,6,8,10H,4-5,7H2,1H3,(H,14,15). The minimum absolute atomic E-state index is 0.0377. The highest BCUT2D eigenvalue weighted by molar-refractivity contribution is 7.91. The lowest BCUT2D eigenvalue weighted by Crippen LogP contribution is -2.11. The third-order valence-electron chi connectivity index (χ3n) is 3.18. The van der Waals surface area contributed by atoms with E-state index in [1.807, 2.05) is 6.92 Å². The number of hydrogen-bond acceptors (Lipinski definition) is 4. The van der Waals surface area contributed by atoms with Crippen molar-refractivity contribution in [1.29, 1.82) is 0 Å². The molecule has 2 atom stereocenters. The van der Waals surface area contributed by atoms with Gasteiger partial charge in [-0.15, -0.1) is 0 Å². The molecule has 0 aromatic carbocycles. The van der Waals surface area contributed by atoms with Crippen LogP contribution in [-0.4, -0.2) is 30.2 Å². The Kier molecular flexibility index (Phi) is 3.38. The maximum atomic E-state index is 12.0. The van der Waals surface area contributed by atoms with E-state index in [-0.39, 0.29) is 23.1 Å². The first kappa shape index (κ1) is 13.0. The predicted molar refractivity (Wildman–Crippen MR) is 64.9 cm³/mol. The summed E-state index contributed by atoms with van der Waals surface area (Å²) in [7, 11) is -3.33. The molecule has 1 N–H and O–H groups in total. The first-order chi connectivity index (χ1) is 8.38. The molecule has 0 radical (unpaired) electrons. The summed E-state index contributed by atoms with van der Waals surface area (Å²) < 4.78 is 24.0. The summed E-state index contributed by atoms with van der Waals surface area (Å²) in [5.74, 6) is -0.0971. The molecule has 1 aliphatic rings. The smallest absolute Gasteiger partial charge is 0.307 e. The number of rotatable bonds is 5. The van der Waals surface area contributed by atoms with Gasteiger partial charge in [0.15, 0.2) is 14.9 Å². The average Bonchev–Trinajstić information content (AvgIpc) is 2.93. The summed E-state index contributed by atoms with van der Waals surface area (Å²) in [6.45, 7) is 2.03. The van der Waals surface area contributed by atoms with Crippen molar-refractivity contribution in [1.82, 2.24) is 4.98 Å². The number of aliphatic carboxylic acids is 1. The van der Waals surface area contributed by atoms with Crippen molar-refractivity contribution < 1.29 is 18.3 Å². The number of nitrogens with zero attached hydrogens (tertiary/aromatic N) is 1. The molecule has 0 amide bonds. The van der Waals surface area contributed by atoms with Gasteiger partial charge in [-0.05, 0) is 29.9 Å². The number of hydrogen-bond donors (Lipinski definition) is 1.